The first-order valence-corrected chi connectivity index (χ1v) is 7.37. The quantitative estimate of drug-likeness (QED) is 0.795. The Kier molecular flexibility index (Phi) is 5.04. The van der Waals surface area contributed by atoms with Gasteiger partial charge in [0.05, 0.1) is 0 Å². The van der Waals surface area contributed by atoms with Gasteiger partial charge in [0.1, 0.15) is 0 Å². The highest BCUT2D eigenvalue weighted by Gasteiger charge is 2.29. The topological polar surface area (TPSA) is 29.3 Å². The van der Waals surface area contributed by atoms with Crippen LogP contribution >= 0.6 is 11.6 Å². The average molecular weight is 267 g/mol. The predicted molar refractivity (Wildman–Crippen MR) is 77.8 cm³/mol. The number of fused-ring (bicyclic) bond motifs is 1. The van der Waals surface area contributed by atoms with Gasteiger partial charge in [0, 0.05) is 24.2 Å². The zero-order chi connectivity index (χ0) is 13.0. The number of hydrogen-bond donors (Lipinski definition) is 1. The summed E-state index contributed by atoms with van der Waals surface area (Å²) in [6, 6.07) is 6.55. The molecule has 2 N–H and O–H groups in total. The molecule has 2 rings (SSSR count). The van der Waals surface area contributed by atoms with Gasteiger partial charge in [-0.1, -0.05) is 49.9 Å². The largest absolute Gasteiger partial charge is 0.329 e. The van der Waals surface area contributed by atoms with Gasteiger partial charge in [0.15, 0.2) is 0 Å². The highest BCUT2D eigenvalue weighted by molar-refractivity contribution is 6.31. The van der Waals surface area contributed by atoms with E-state index in [-0.39, 0.29) is 0 Å². The number of rotatable bonds is 6. The Morgan fingerprint density at radius 1 is 1.33 bits per heavy atom. The van der Waals surface area contributed by atoms with Crippen molar-refractivity contribution in [3.63, 3.8) is 0 Å². The van der Waals surface area contributed by atoms with Crippen molar-refractivity contribution in [2.24, 2.45) is 5.73 Å². The highest BCUT2D eigenvalue weighted by atomic mass is 35.5. The molecule has 0 fully saturated rings. The smallest absolute Gasteiger partial charge is 0.0477 e. The van der Waals surface area contributed by atoms with Gasteiger partial charge in [0.25, 0.3) is 0 Å². The van der Waals surface area contributed by atoms with Crippen molar-refractivity contribution in [3.8, 4) is 0 Å². The van der Waals surface area contributed by atoms with Gasteiger partial charge < -0.3 is 5.73 Å². The summed E-state index contributed by atoms with van der Waals surface area (Å²) in [5, 5.41) is 0.891. The second-order valence-corrected chi connectivity index (χ2v) is 5.50. The van der Waals surface area contributed by atoms with Gasteiger partial charge in [-0.05, 0) is 30.2 Å². The maximum absolute atomic E-state index is 6.27. The second-order valence-electron chi connectivity index (χ2n) is 5.09. The van der Waals surface area contributed by atoms with Crippen LogP contribution in [0.4, 0.5) is 0 Å². The molecule has 0 aromatic heterocycles. The minimum absolute atomic E-state index is 0.361. The molecule has 1 unspecified atom stereocenters. The third-order valence-electron chi connectivity index (χ3n) is 3.84. The Morgan fingerprint density at radius 2 is 2.17 bits per heavy atom. The third kappa shape index (κ3) is 2.87. The summed E-state index contributed by atoms with van der Waals surface area (Å²) in [5.74, 6) is 0. The maximum atomic E-state index is 6.27. The number of benzene rings is 1. The van der Waals surface area contributed by atoms with Gasteiger partial charge in [-0.25, -0.2) is 0 Å². The molecule has 18 heavy (non-hydrogen) atoms. The summed E-state index contributed by atoms with van der Waals surface area (Å²) < 4.78 is 0. The number of hydrogen-bond acceptors (Lipinski definition) is 2. The molecule has 1 atom stereocenters. The van der Waals surface area contributed by atoms with Crippen LogP contribution in [0.2, 0.25) is 5.02 Å². The number of nitrogens with zero attached hydrogens (tertiary/aromatic N) is 1. The molecular weight excluding hydrogens is 244 g/mol. The van der Waals surface area contributed by atoms with Crippen molar-refractivity contribution in [2.45, 2.75) is 45.2 Å². The lowest BCUT2D eigenvalue weighted by atomic mass is 10.1. The average Bonchev–Trinajstić information content (AvgIpc) is 2.74. The molecule has 0 radical (unpaired) electrons. The van der Waals surface area contributed by atoms with Gasteiger partial charge in [-0.3, -0.25) is 4.90 Å². The standard InChI is InChI=1S/C15H23ClN2/c1-2-3-4-5-9-18-11-13-12(15(18)10-17)7-6-8-14(13)16/h6-8,15H,2-5,9-11,17H2,1H3. The van der Waals surface area contributed by atoms with Crippen LogP contribution in [-0.4, -0.2) is 18.0 Å². The summed E-state index contributed by atoms with van der Waals surface area (Å²) in [7, 11) is 0. The molecule has 0 spiro atoms. The molecule has 1 aliphatic heterocycles. The minimum atomic E-state index is 0.361. The van der Waals surface area contributed by atoms with Crippen LogP contribution in [0.25, 0.3) is 0 Å². The lowest BCUT2D eigenvalue weighted by Crippen LogP contribution is -2.28. The molecule has 1 heterocycles. The predicted octanol–water partition coefficient (Wildman–Crippen LogP) is 3.74. The van der Waals surface area contributed by atoms with Gasteiger partial charge >= 0.3 is 0 Å². The molecule has 0 amide bonds. The van der Waals surface area contributed by atoms with E-state index in [1.54, 1.807) is 0 Å². The molecule has 3 heteroatoms. The van der Waals surface area contributed by atoms with Gasteiger partial charge in [0.2, 0.25) is 0 Å². The van der Waals surface area contributed by atoms with Crippen LogP contribution in [0.5, 0.6) is 0 Å². The SMILES string of the molecule is CCCCCCN1Cc2c(Cl)cccc2C1CN. The highest BCUT2D eigenvalue weighted by Crippen LogP contribution is 2.36. The van der Waals surface area contributed by atoms with Crippen LogP contribution in [-0.2, 0) is 6.54 Å². The molecule has 1 aromatic carbocycles. The first-order valence-electron chi connectivity index (χ1n) is 6.99. The van der Waals surface area contributed by atoms with E-state index in [0.717, 1.165) is 18.1 Å². The lowest BCUT2D eigenvalue weighted by molar-refractivity contribution is 0.215. The van der Waals surface area contributed by atoms with E-state index in [0.29, 0.717) is 12.6 Å². The van der Waals surface area contributed by atoms with Crippen molar-refractivity contribution in [2.75, 3.05) is 13.1 Å². The van der Waals surface area contributed by atoms with Crippen LogP contribution in [0.3, 0.4) is 0 Å². The summed E-state index contributed by atoms with van der Waals surface area (Å²) in [6.07, 6.45) is 5.19. The van der Waals surface area contributed by atoms with E-state index in [1.807, 2.05) is 12.1 Å². The summed E-state index contributed by atoms with van der Waals surface area (Å²) in [4.78, 5) is 2.48. The van der Waals surface area contributed by atoms with Crippen LogP contribution in [0, 0.1) is 0 Å². The molecule has 1 aromatic rings. The number of unbranched alkanes of at least 4 members (excludes halogenated alkanes) is 3. The third-order valence-corrected chi connectivity index (χ3v) is 4.19. The van der Waals surface area contributed by atoms with E-state index in [9.17, 15) is 0 Å². The molecule has 2 nitrogen and oxygen atoms in total. The van der Waals surface area contributed by atoms with Crippen LogP contribution in [0.1, 0.15) is 49.8 Å². The van der Waals surface area contributed by atoms with Crippen molar-refractivity contribution in [3.05, 3.63) is 34.3 Å². The molecule has 0 bridgehead atoms. The lowest BCUT2D eigenvalue weighted by Gasteiger charge is -2.23. The zero-order valence-electron chi connectivity index (χ0n) is 11.2. The monoisotopic (exact) mass is 266 g/mol. The van der Waals surface area contributed by atoms with Crippen molar-refractivity contribution in [1.29, 1.82) is 0 Å². The Labute approximate surface area is 115 Å². The fraction of sp³-hybridized carbons (Fsp3) is 0.600. The second kappa shape index (κ2) is 6.55. The molecular formula is C15H23ClN2. The minimum Gasteiger partial charge on any atom is -0.329 e. The molecule has 0 saturated carbocycles. The molecule has 0 aliphatic carbocycles. The van der Waals surface area contributed by atoms with E-state index < -0.39 is 0 Å². The van der Waals surface area contributed by atoms with Crippen LogP contribution < -0.4 is 5.73 Å². The van der Waals surface area contributed by atoms with E-state index in [4.69, 9.17) is 17.3 Å². The summed E-state index contributed by atoms with van der Waals surface area (Å²) in [6.45, 7) is 5.02. The van der Waals surface area contributed by atoms with E-state index in [2.05, 4.69) is 17.9 Å². The first-order chi connectivity index (χ1) is 8.77. The Bertz CT molecular complexity index is 392. The van der Waals surface area contributed by atoms with E-state index >= 15 is 0 Å². The van der Waals surface area contributed by atoms with Crippen molar-refractivity contribution in [1.82, 2.24) is 4.90 Å². The molecule has 100 valence electrons. The molecule has 0 saturated heterocycles. The number of halogens is 1. The molecule has 1 aliphatic rings. The van der Waals surface area contributed by atoms with Crippen LogP contribution in [0.15, 0.2) is 18.2 Å². The van der Waals surface area contributed by atoms with Gasteiger partial charge in [-0.15, -0.1) is 0 Å². The summed E-state index contributed by atoms with van der Waals surface area (Å²) in [5.41, 5.74) is 8.55. The van der Waals surface area contributed by atoms with Crippen molar-refractivity contribution >= 4 is 11.6 Å². The fourth-order valence-electron chi connectivity index (χ4n) is 2.82. The zero-order valence-corrected chi connectivity index (χ0v) is 11.9. The Hall–Kier alpha value is -0.570. The van der Waals surface area contributed by atoms with Gasteiger partial charge in [-0.2, -0.15) is 0 Å². The normalized spacial score (nSPS) is 19.2. The maximum Gasteiger partial charge on any atom is 0.0477 e. The summed E-state index contributed by atoms with van der Waals surface area (Å²) >= 11 is 6.27. The fourth-order valence-corrected chi connectivity index (χ4v) is 3.06. The Morgan fingerprint density at radius 3 is 2.89 bits per heavy atom. The van der Waals surface area contributed by atoms with E-state index in [1.165, 1.54) is 36.8 Å². The Balaban J connectivity index is 2.01. The van der Waals surface area contributed by atoms with Crippen molar-refractivity contribution < 1.29 is 0 Å². The first kappa shape index (κ1) is 13.9. The number of nitrogens with two attached hydrogens (primary N) is 1.